The molecule has 9 rings (SSSR count). The molecule has 82 heavy (non-hydrogen) atoms. The van der Waals surface area contributed by atoms with Gasteiger partial charge in [0.05, 0.1) is 38.9 Å². The average Bonchev–Trinajstić information content (AvgIpc) is 3.67. The van der Waals surface area contributed by atoms with Gasteiger partial charge in [0.2, 0.25) is 0 Å². The SMILES string of the molecule is O=C(OC[C@H]1O[C@H](O[P+](=O)[O-])[C@@H](OC(=O)c2ccccc2)[C@@H](OC(=O)c2ccccc2)[C@@H]1O[C@@H]1O[C@H](COC(=O)c2ccccc2)[C@@H](OC(=O)c2ccccc2)[C@H](OC(=O)c2ccccc2)[C@H]1OC(=O)c1ccccc1)c1ccccc1. The number of hydrogen-bond acceptors (Lipinski definition) is 20. The zero-order valence-electron chi connectivity index (χ0n) is 43.0. The van der Waals surface area contributed by atoms with Crippen molar-refractivity contribution in [1.82, 2.24) is 0 Å². The summed E-state index contributed by atoms with van der Waals surface area (Å²) < 4.78 is 80.1. The second kappa shape index (κ2) is 27.7. The Hall–Kier alpha value is -9.27. The molecule has 0 N–H and O–H groups in total. The summed E-state index contributed by atoms with van der Waals surface area (Å²) in [5.74, 6) is -7.13. The molecule has 0 radical (unpaired) electrons. The third kappa shape index (κ3) is 14.7. The maximum Gasteiger partial charge on any atom is 0.491 e. The van der Waals surface area contributed by atoms with Crippen LogP contribution < -0.4 is 4.89 Å². The predicted octanol–water partition coefficient (Wildman–Crippen LogP) is 7.70. The van der Waals surface area contributed by atoms with E-state index < -0.39 is 125 Å². The van der Waals surface area contributed by atoms with Crippen molar-refractivity contribution >= 4 is 50.0 Å². The smallest absolute Gasteiger partial charge is 0.491 e. The Morgan fingerprint density at radius 1 is 0.329 bits per heavy atom. The van der Waals surface area contributed by atoms with Crippen LogP contribution in [0.25, 0.3) is 0 Å². The van der Waals surface area contributed by atoms with Gasteiger partial charge in [-0.1, -0.05) is 127 Å². The van der Waals surface area contributed by atoms with E-state index in [1.807, 2.05) is 0 Å². The van der Waals surface area contributed by atoms with Gasteiger partial charge in [-0.25, -0.2) is 33.6 Å². The Morgan fingerprint density at radius 2 is 0.573 bits per heavy atom. The van der Waals surface area contributed by atoms with Gasteiger partial charge < -0.3 is 52.3 Å². The standard InChI is InChI=1S/C61H49O20P/c62-53(38-22-8-1-9-23-38)71-36-45-47(75-55(64)40-26-12-3-13-27-40)49(76-56(65)41-28-14-4-15-29-41)51(78-58(67)43-32-18-6-19-33-43)60(73-45)80-48-46(37-72-54(63)39-24-10-2-11-25-39)74-61(81-82(69)70)52(79-59(68)44-34-20-7-21-35-44)50(48)77-57(66)42-30-16-5-17-31-42/h1-35,45-52,60-61H,36-37H2/t45-,46-,47-,48-,49+,50+,51-,52+,60+,61-/m1/s1. The van der Waals surface area contributed by atoms with E-state index in [2.05, 4.69) is 0 Å². The highest BCUT2D eigenvalue weighted by molar-refractivity contribution is 7.30. The average molecular weight is 1130 g/mol. The van der Waals surface area contributed by atoms with Crippen molar-refractivity contribution in [2.24, 2.45) is 0 Å². The van der Waals surface area contributed by atoms with Crippen molar-refractivity contribution in [1.29, 1.82) is 0 Å². The number of carbonyl (C=O) groups is 7. The Kier molecular flexibility index (Phi) is 19.4. The van der Waals surface area contributed by atoms with E-state index in [0.29, 0.717) is 0 Å². The van der Waals surface area contributed by atoms with Crippen molar-refractivity contribution < 1.29 is 94.9 Å². The molecule has 7 aromatic carbocycles. The summed E-state index contributed by atoms with van der Waals surface area (Å²) in [5, 5.41) is 0. The van der Waals surface area contributed by atoms with E-state index >= 15 is 0 Å². The van der Waals surface area contributed by atoms with Crippen LogP contribution in [-0.2, 0) is 56.5 Å². The first-order valence-corrected chi connectivity index (χ1v) is 26.5. The summed E-state index contributed by atoms with van der Waals surface area (Å²) in [4.78, 5) is 112. The summed E-state index contributed by atoms with van der Waals surface area (Å²) >= 11 is 0. The number of benzene rings is 7. The lowest BCUT2D eigenvalue weighted by Crippen LogP contribution is -2.67. The monoisotopic (exact) mass is 1130 g/mol. The van der Waals surface area contributed by atoms with Gasteiger partial charge in [-0.15, -0.1) is 4.52 Å². The zero-order valence-corrected chi connectivity index (χ0v) is 43.9. The summed E-state index contributed by atoms with van der Waals surface area (Å²) in [6.07, 6.45) is -20.0. The highest BCUT2D eigenvalue weighted by atomic mass is 31.1. The molecule has 418 valence electrons. The highest BCUT2D eigenvalue weighted by Gasteiger charge is 2.59. The van der Waals surface area contributed by atoms with Gasteiger partial charge in [0.15, 0.2) is 36.8 Å². The number of hydrogen-bond donors (Lipinski definition) is 0. The van der Waals surface area contributed by atoms with E-state index in [9.17, 15) is 43.0 Å². The molecular formula is C61H49O20P. The van der Waals surface area contributed by atoms with Crippen molar-refractivity contribution in [3.05, 3.63) is 251 Å². The Labute approximate surface area is 469 Å². The molecule has 0 bridgehead atoms. The van der Waals surface area contributed by atoms with Gasteiger partial charge >= 0.3 is 50.0 Å². The Bertz CT molecular complexity index is 3310. The molecule has 1 unspecified atom stereocenters. The van der Waals surface area contributed by atoms with Gasteiger partial charge in [0.1, 0.15) is 31.5 Å². The molecule has 2 aliphatic heterocycles. The van der Waals surface area contributed by atoms with E-state index in [4.69, 9.17) is 51.9 Å². The van der Waals surface area contributed by atoms with Gasteiger partial charge in [-0.2, -0.15) is 0 Å². The lowest BCUT2D eigenvalue weighted by molar-refractivity contribution is -0.351. The molecule has 20 nitrogen and oxygen atoms in total. The van der Waals surface area contributed by atoms with E-state index in [-0.39, 0.29) is 38.9 Å². The fourth-order valence-corrected chi connectivity index (χ4v) is 9.08. The number of esters is 7. The minimum absolute atomic E-state index is 0.00915. The lowest BCUT2D eigenvalue weighted by Gasteiger charge is -2.48. The minimum Gasteiger partial charge on any atom is -0.566 e. The summed E-state index contributed by atoms with van der Waals surface area (Å²) in [5.41, 5.74) is -0.0494. The third-order valence-electron chi connectivity index (χ3n) is 12.7. The number of rotatable bonds is 20. The van der Waals surface area contributed by atoms with Crippen molar-refractivity contribution in [2.45, 2.75) is 61.4 Å². The van der Waals surface area contributed by atoms with E-state index in [1.54, 1.807) is 91.0 Å². The van der Waals surface area contributed by atoms with Crippen LogP contribution in [0.2, 0.25) is 0 Å². The molecule has 21 heteroatoms. The summed E-state index contributed by atoms with van der Waals surface area (Å²) in [6.45, 7) is -1.66. The molecule has 0 amide bonds. The van der Waals surface area contributed by atoms with Crippen LogP contribution in [-0.4, -0.2) is 116 Å². The first-order valence-electron chi connectivity index (χ1n) is 25.4. The molecule has 2 fully saturated rings. The molecule has 0 spiro atoms. The molecule has 0 saturated carbocycles. The lowest BCUT2D eigenvalue weighted by atomic mass is 9.95. The van der Waals surface area contributed by atoms with Crippen molar-refractivity contribution in [2.75, 3.05) is 13.2 Å². The normalized spacial score (nSPS) is 22.2. The Morgan fingerprint density at radius 3 is 0.890 bits per heavy atom. The molecule has 2 heterocycles. The molecule has 7 aromatic rings. The van der Waals surface area contributed by atoms with Gasteiger partial charge in [-0.3, -0.25) is 0 Å². The van der Waals surface area contributed by atoms with E-state index in [1.165, 1.54) is 121 Å². The maximum atomic E-state index is 14.5. The maximum absolute atomic E-state index is 14.5. The largest absolute Gasteiger partial charge is 0.566 e. The Balaban J connectivity index is 1.21. The van der Waals surface area contributed by atoms with Gasteiger partial charge in [-0.05, 0) is 89.5 Å². The predicted molar refractivity (Wildman–Crippen MR) is 283 cm³/mol. The van der Waals surface area contributed by atoms with Crippen LogP contribution in [0.15, 0.2) is 212 Å². The highest BCUT2D eigenvalue weighted by Crippen LogP contribution is 2.38. The number of carbonyl (C=O) groups excluding carboxylic acids is 7. The fourth-order valence-electron chi connectivity index (χ4n) is 8.74. The van der Waals surface area contributed by atoms with Crippen LogP contribution in [0.4, 0.5) is 0 Å². The summed E-state index contributed by atoms with van der Waals surface area (Å²) in [7, 11) is -3.87. The quantitative estimate of drug-likeness (QED) is 0.0402. The molecular weight excluding hydrogens is 1080 g/mol. The van der Waals surface area contributed by atoms with Crippen LogP contribution in [0.3, 0.4) is 0 Å². The molecule has 2 aliphatic rings. The topological polar surface area (TPSA) is 261 Å². The molecule has 11 atom stereocenters. The van der Waals surface area contributed by atoms with Gasteiger partial charge in [0, 0.05) is 0 Å². The molecule has 0 aliphatic carbocycles. The van der Waals surface area contributed by atoms with Crippen molar-refractivity contribution in [3.8, 4) is 0 Å². The van der Waals surface area contributed by atoms with E-state index in [0.717, 1.165) is 0 Å². The molecule has 2 saturated heterocycles. The first-order chi connectivity index (χ1) is 39.9. The van der Waals surface area contributed by atoms with Crippen LogP contribution in [0, 0.1) is 0 Å². The zero-order chi connectivity index (χ0) is 57.4. The van der Waals surface area contributed by atoms with Gasteiger partial charge in [0.25, 0.3) is 6.29 Å². The fraction of sp³-hybridized carbons (Fsp3) is 0.197. The van der Waals surface area contributed by atoms with Crippen LogP contribution in [0.1, 0.15) is 72.5 Å². The number of ether oxygens (including phenoxy) is 10. The second-order valence-corrected chi connectivity index (χ2v) is 18.8. The molecule has 0 aromatic heterocycles. The first kappa shape index (κ1) is 57.4. The third-order valence-corrected chi connectivity index (χ3v) is 13.1. The summed E-state index contributed by atoms with van der Waals surface area (Å²) in [6, 6.07) is 53.0. The second-order valence-electron chi connectivity index (χ2n) is 18.1. The van der Waals surface area contributed by atoms with Crippen LogP contribution in [0.5, 0.6) is 0 Å². The van der Waals surface area contributed by atoms with Crippen molar-refractivity contribution in [3.63, 3.8) is 0 Å². The minimum atomic E-state index is -3.87. The van der Waals surface area contributed by atoms with Crippen LogP contribution >= 0.6 is 8.25 Å².